The van der Waals surface area contributed by atoms with Crippen molar-refractivity contribution in [3.63, 3.8) is 0 Å². The van der Waals surface area contributed by atoms with Crippen LogP contribution >= 0.6 is 0 Å². The van der Waals surface area contributed by atoms with E-state index in [4.69, 9.17) is 0 Å². The average molecular weight is 231 g/mol. The Hall–Kier alpha value is -1.88. The highest BCUT2D eigenvalue weighted by molar-refractivity contribution is 5.53. The predicted molar refractivity (Wildman–Crippen MR) is 67.2 cm³/mol. The summed E-state index contributed by atoms with van der Waals surface area (Å²) in [5, 5.41) is 18.2. The second-order valence-electron chi connectivity index (χ2n) is 3.10. The molecule has 1 heterocycles. The summed E-state index contributed by atoms with van der Waals surface area (Å²) in [4.78, 5) is 0. The largest absolute Gasteiger partial charge is 0.316 e. The molecule has 0 aliphatic carbocycles. The molecule has 0 saturated carbocycles. The summed E-state index contributed by atoms with van der Waals surface area (Å²) in [6.07, 6.45) is 1.32. The molecule has 2 rings (SSSR count). The standard InChI is InChI=1S/C10H11N5.C2H6/c1-11-6-8-2-4-9(5-3-8)10-14-12-7-13-15-10;1-2/h2-5,7,11H,6H2,1H3;1-2H3. The van der Waals surface area contributed by atoms with Crippen LogP contribution in [0, 0.1) is 0 Å². The molecular weight excluding hydrogens is 214 g/mol. The van der Waals surface area contributed by atoms with Gasteiger partial charge >= 0.3 is 0 Å². The highest BCUT2D eigenvalue weighted by atomic mass is 15.3. The predicted octanol–water partition coefficient (Wildman–Crippen LogP) is 1.68. The van der Waals surface area contributed by atoms with Gasteiger partial charge in [0, 0.05) is 12.1 Å². The minimum atomic E-state index is 0.550. The quantitative estimate of drug-likeness (QED) is 0.870. The Morgan fingerprint density at radius 3 is 2.12 bits per heavy atom. The maximum absolute atomic E-state index is 3.89. The Morgan fingerprint density at radius 2 is 1.59 bits per heavy atom. The second kappa shape index (κ2) is 7.40. The molecule has 0 saturated heterocycles. The fraction of sp³-hybridized carbons (Fsp3) is 0.333. The molecule has 0 unspecified atom stereocenters. The molecule has 0 fully saturated rings. The van der Waals surface area contributed by atoms with Crippen molar-refractivity contribution in [1.29, 1.82) is 0 Å². The van der Waals surface area contributed by atoms with Crippen molar-refractivity contribution < 1.29 is 0 Å². The zero-order valence-corrected chi connectivity index (χ0v) is 10.4. The summed E-state index contributed by atoms with van der Waals surface area (Å²) in [5.74, 6) is 0.550. The lowest BCUT2D eigenvalue weighted by atomic mass is 10.1. The van der Waals surface area contributed by atoms with E-state index in [9.17, 15) is 0 Å². The van der Waals surface area contributed by atoms with Gasteiger partial charge in [-0.1, -0.05) is 38.1 Å². The van der Waals surface area contributed by atoms with Gasteiger partial charge < -0.3 is 5.32 Å². The molecule has 5 nitrogen and oxygen atoms in total. The van der Waals surface area contributed by atoms with Crippen molar-refractivity contribution in [2.75, 3.05) is 7.05 Å². The highest BCUT2D eigenvalue weighted by Gasteiger charge is 2.00. The molecule has 0 spiro atoms. The fourth-order valence-electron chi connectivity index (χ4n) is 1.30. The molecule has 0 atom stereocenters. The molecule has 0 bridgehead atoms. The first-order valence-electron chi connectivity index (χ1n) is 5.64. The van der Waals surface area contributed by atoms with Crippen LogP contribution in [0.4, 0.5) is 0 Å². The minimum absolute atomic E-state index is 0.550. The molecule has 0 aliphatic rings. The summed E-state index contributed by atoms with van der Waals surface area (Å²) in [5.41, 5.74) is 2.15. The summed E-state index contributed by atoms with van der Waals surface area (Å²) in [6.45, 7) is 4.85. The van der Waals surface area contributed by atoms with Crippen LogP contribution in [-0.2, 0) is 6.54 Å². The highest BCUT2D eigenvalue weighted by Crippen LogP contribution is 2.13. The lowest BCUT2D eigenvalue weighted by molar-refractivity contribution is 0.817. The number of nitrogens with one attached hydrogen (secondary N) is 1. The second-order valence-corrected chi connectivity index (χ2v) is 3.10. The molecule has 5 heteroatoms. The van der Waals surface area contributed by atoms with E-state index in [1.807, 2.05) is 45.2 Å². The first kappa shape index (κ1) is 13.2. The first-order chi connectivity index (χ1) is 8.40. The molecule has 17 heavy (non-hydrogen) atoms. The third-order valence-electron chi connectivity index (χ3n) is 2.00. The lowest BCUT2D eigenvalue weighted by Crippen LogP contribution is -2.04. The van der Waals surface area contributed by atoms with Gasteiger partial charge in [-0.15, -0.1) is 20.4 Å². The maximum Gasteiger partial charge on any atom is 0.203 e. The van der Waals surface area contributed by atoms with Gasteiger partial charge in [-0.2, -0.15) is 0 Å². The van der Waals surface area contributed by atoms with Gasteiger partial charge in [0.05, 0.1) is 0 Å². The number of hydrogen-bond acceptors (Lipinski definition) is 5. The Bertz CT molecular complexity index is 413. The van der Waals surface area contributed by atoms with E-state index in [1.165, 1.54) is 11.9 Å². The van der Waals surface area contributed by atoms with Crippen LogP contribution in [-0.4, -0.2) is 27.4 Å². The fourth-order valence-corrected chi connectivity index (χ4v) is 1.30. The van der Waals surface area contributed by atoms with Gasteiger partial charge in [-0.05, 0) is 12.6 Å². The van der Waals surface area contributed by atoms with E-state index in [0.29, 0.717) is 5.82 Å². The number of aromatic nitrogens is 4. The van der Waals surface area contributed by atoms with Crippen LogP contribution < -0.4 is 5.32 Å². The first-order valence-corrected chi connectivity index (χ1v) is 5.64. The van der Waals surface area contributed by atoms with Gasteiger partial charge in [0.15, 0.2) is 6.33 Å². The van der Waals surface area contributed by atoms with Crippen LogP contribution in [0.25, 0.3) is 11.4 Å². The molecule has 1 N–H and O–H groups in total. The van der Waals surface area contributed by atoms with E-state index < -0.39 is 0 Å². The molecule has 0 amide bonds. The third-order valence-corrected chi connectivity index (χ3v) is 2.00. The molecule has 0 radical (unpaired) electrons. The molecular formula is C12H17N5. The van der Waals surface area contributed by atoms with Gasteiger partial charge in [0.1, 0.15) is 0 Å². The number of benzene rings is 1. The van der Waals surface area contributed by atoms with E-state index in [1.54, 1.807) is 0 Å². The topological polar surface area (TPSA) is 63.6 Å². The van der Waals surface area contributed by atoms with E-state index >= 15 is 0 Å². The van der Waals surface area contributed by atoms with Crippen molar-refractivity contribution >= 4 is 0 Å². The summed E-state index contributed by atoms with van der Waals surface area (Å²) in [6, 6.07) is 7.99. The Balaban J connectivity index is 0.000000686. The van der Waals surface area contributed by atoms with Crippen molar-refractivity contribution in [2.45, 2.75) is 20.4 Å². The Kier molecular flexibility index (Phi) is 5.74. The smallest absolute Gasteiger partial charge is 0.203 e. The van der Waals surface area contributed by atoms with Crippen molar-refractivity contribution in [2.24, 2.45) is 0 Å². The van der Waals surface area contributed by atoms with Crippen LogP contribution in [0.5, 0.6) is 0 Å². The van der Waals surface area contributed by atoms with Crippen molar-refractivity contribution in [3.8, 4) is 11.4 Å². The van der Waals surface area contributed by atoms with Gasteiger partial charge in [-0.25, -0.2) is 0 Å². The van der Waals surface area contributed by atoms with Crippen LogP contribution in [0.2, 0.25) is 0 Å². The lowest BCUT2D eigenvalue weighted by Gasteiger charge is -2.01. The van der Waals surface area contributed by atoms with Crippen LogP contribution in [0.15, 0.2) is 30.6 Å². The maximum atomic E-state index is 3.89. The Labute approximate surface area is 101 Å². The molecule has 2 aromatic rings. The van der Waals surface area contributed by atoms with Gasteiger partial charge in [0.25, 0.3) is 0 Å². The number of hydrogen-bond donors (Lipinski definition) is 1. The molecule has 1 aromatic carbocycles. The molecule has 1 aromatic heterocycles. The third kappa shape index (κ3) is 3.88. The number of nitrogens with zero attached hydrogens (tertiary/aromatic N) is 4. The molecule has 90 valence electrons. The molecule has 0 aliphatic heterocycles. The van der Waals surface area contributed by atoms with Crippen LogP contribution in [0.1, 0.15) is 19.4 Å². The summed E-state index contributed by atoms with van der Waals surface area (Å²) < 4.78 is 0. The average Bonchev–Trinajstić information content (AvgIpc) is 2.43. The van der Waals surface area contributed by atoms with E-state index in [2.05, 4.69) is 25.7 Å². The summed E-state index contributed by atoms with van der Waals surface area (Å²) >= 11 is 0. The number of rotatable bonds is 3. The SMILES string of the molecule is CC.CNCc1ccc(-c2nncnn2)cc1. The zero-order chi connectivity index (χ0) is 12.5. The minimum Gasteiger partial charge on any atom is -0.316 e. The summed E-state index contributed by atoms with van der Waals surface area (Å²) in [7, 11) is 1.92. The normalized spacial score (nSPS) is 9.35. The van der Waals surface area contributed by atoms with Crippen molar-refractivity contribution in [1.82, 2.24) is 25.7 Å². The van der Waals surface area contributed by atoms with Crippen LogP contribution in [0.3, 0.4) is 0 Å². The van der Waals surface area contributed by atoms with Gasteiger partial charge in [0.2, 0.25) is 5.82 Å². The van der Waals surface area contributed by atoms with E-state index in [0.717, 1.165) is 12.1 Å². The monoisotopic (exact) mass is 231 g/mol. The van der Waals surface area contributed by atoms with Gasteiger partial charge in [-0.3, -0.25) is 0 Å². The zero-order valence-electron chi connectivity index (χ0n) is 10.4. The Morgan fingerprint density at radius 1 is 1.00 bits per heavy atom. The van der Waals surface area contributed by atoms with Crippen molar-refractivity contribution in [3.05, 3.63) is 36.2 Å². The van der Waals surface area contributed by atoms with E-state index in [-0.39, 0.29) is 0 Å².